The molecular weight excluding hydrogens is 258 g/mol. The molecule has 0 saturated carbocycles. The lowest BCUT2D eigenvalue weighted by molar-refractivity contribution is 0.411. The van der Waals surface area contributed by atoms with Crippen LogP contribution in [-0.2, 0) is 0 Å². The maximum Gasteiger partial charge on any atom is 0.121 e. The van der Waals surface area contributed by atoms with Crippen LogP contribution in [0.3, 0.4) is 0 Å². The Morgan fingerprint density at radius 3 is 2.14 bits per heavy atom. The lowest BCUT2D eigenvalue weighted by Crippen LogP contribution is -2.22. The summed E-state index contributed by atoms with van der Waals surface area (Å²) in [6, 6.07) is 13.4. The number of aryl methyl sites for hydroxylation is 3. The largest absolute Gasteiger partial charge is 0.496 e. The van der Waals surface area contributed by atoms with Gasteiger partial charge in [0.1, 0.15) is 5.75 Å². The van der Waals surface area contributed by atoms with E-state index in [2.05, 4.69) is 69.4 Å². The van der Waals surface area contributed by atoms with E-state index in [0.717, 1.165) is 12.3 Å². The van der Waals surface area contributed by atoms with Crippen LogP contribution in [0, 0.1) is 20.8 Å². The Bertz CT molecular complexity index is 599. The van der Waals surface area contributed by atoms with Crippen molar-refractivity contribution < 1.29 is 4.74 Å². The van der Waals surface area contributed by atoms with Gasteiger partial charge in [-0.1, -0.05) is 48.4 Å². The summed E-state index contributed by atoms with van der Waals surface area (Å²) in [5.74, 6) is 0.939. The van der Waals surface area contributed by atoms with Gasteiger partial charge in [-0.3, -0.25) is 0 Å². The molecule has 1 N–H and O–H groups in total. The number of nitrogens with one attached hydrogen (secondary N) is 1. The van der Waals surface area contributed by atoms with E-state index in [1.165, 1.54) is 27.8 Å². The second-order valence-corrected chi connectivity index (χ2v) is 5.64. The van der Waals surface area contributed by atoms with E-state index in [1.54, 1.807) is 7.11 Å². The Labute approximate surface area is 128 Å². The van der Waals surface area contributed by atoms with Crippen LogP contribution in [0.25, 0.3) is 0 Å². The van der Waals surface area contributed by atoms with E-state index in [-0.39, 0.29) is 6.04 Å². The van der Waals surface area contributed by atoms with Gasteiger partial charge in [-0.15, -0.1) is 0 Å². The van der Waals surface area contributed by atoms with Gasteiger partial charge in [0.2, 0.25) is 0 Å². The first-order valence-electron chi connectivity index (χ1n) is 7.51. The zero-order valence-electron chi connectivity index (χ0n) is 13.7. The van der Waals surface area contributed by atoms with Gasteiger partial charge in [0.05, 0.1) is 13.2 Å². The summed E-state index contributed by atoms with van der Waals surface area (Å²) in [5.41, 5.74) is 6.37. The first-order valence-corrected chi connectivity index (χ1v) is 7.51. The van der Waals surface area contributed by atoms with E-state index >= 15 is 0 Å². The summed E-state index contributed by atoms with van der Waals surface area (Å²) in [6.07, 6.45) is 0. The molecule has 112 valence electrons. The van der Waals surface area contributed by atoms with Gasteiger partial charge in [0, 0.05) is 0 Å². The van der Waals surface area contributed by atoms with Gasteiger partial charge >= 0.3 is 0 Å². The van der Waals surface area contributed by atoms with Crippen LogP contribution in [0.5, 0.6) is 5.75 Å². The van der Waals surface area contributed by atoms with Crippen molar-refractivity contribution in [3.63, 3.8) is 0 Å². The predicted molar refractivity (Wildman–Crippen MR) is 89.2 cm³/mol. The fourth-order valence-corrected chi connectivity index (χ4v) is 2.89. The first-order chi connectivity index (χ1) is 10.0. The molecule has 2 aromatic rings. The third-order valence-electron chi connectivity index (χ3n) is 3.74. The third kappa shape index (κ3) is 3.64. The zero-order chi connectivity index (χ0) is 15.4. The number of benzene rings is 2. The number of methoxy groups -OCH3 is 1. The van der Waals surface area contributed by atoms with Crippen molar-refractivity contribution in [1.82, 2.24) is 5.32 Å². The first kappa shape index (κ1) is 15.6. The van der Waals surface area contributed by atoms with Gasteiger partial charge in [0.15, 0.2) is 0 Å². The summed E-state index contributed by atoms with van der Waals surface area (Å²) in [4.78, 5) is 0. The van der Waals surface area contributed by atoms with Crippen molar-refractivity contribution in [2.24, 2.45) is 0 Å². The summed E-state index contributed by atoms with van der Waals surface area (Å²) in [6.45, 7) is 9.47. The predicted octanol–water partition coefficient (Wildman–Crippen LogP) is 4.32. The molecular formula is C19H25NO. The quantitative estimate of drug-likeness (QED) is 0.882. The molecule has 1 atom stereocenters. The summed E-state index contributed by atoms with van der Waals surface area (Å²) >= 11 is 0. The highest BCUT2D eigenvalue weighted by molar-refractivity contribution is 5.42. The minimum absolute atomic E-state index is 0.221. The second kappa shape index (κ2) is 6.77. The van der Waals surface area contributed by atoms with Crippen LogP contribution in [0.15, 0.2) is 36.4 Å². The Morgan fingerprint density at radius 2 is 1.62 bits per heavy atom. The zero-order valence-corrected chi connectivity index (χ0v) is 13.7. The summed E-state index contributed by atoms with van der Waals surface area (Å²) < 4.78 is 5.36. The van der Waals surface area contributed by atoms with Crippen LogP contribution in [0.2, 0.25) is 0 Å². The van der Waals surface area contributed by atoms with Crippen LogP contribution >= 0.6 is 0 Å². The average molecular weight is 283 g/mol. The molecule has 0 fully saturated rings. The van der Waals surface area contributed by atoms with E-state index in [0.29, 0.717) is 0 Å². The van der Waals surface area contributed by atoms with Gasteiger partial charge < -0.3 is 10.1 Å². The highest BCUT2D eigenvalue weighted by atomic mass is 16.5. The van der Waals surface area contributed by atoms with Gasteiger partial charge in [-0.2, -0.15) is 0 Å². The summed E-state index contributed by atoms with van der Waals surface area (Å²) in [7, 11) is 1.72. The molecule has 0 aromatic heterocycles. The standard InChI is InChI=1S/C19H25NO/c1-6-20-19(17-10-13(2)9-14(3)11-17)16-7-8-18(21-5)15(4)12-16/h7-12,19-20H,6H2,1-5H3. The third-order valence-corrected chi connectivity index (χ3v) is 3.74. The van der Waals surface area contributed by atoms with E-state index in [1.807, 2.05) is 0 Å². The van der Waals surface area contributed by atoms with Crippen LogP contribution in [-0.4, -0.2) is 13.7 Å². The molecule has 0 radical (unpaired) electrons. The second-order valence-electron chi connectivity index (χ2n) is 5.64. The fourth-order valence-electron chi connectivity index (χ4n) is 2.89. The van der Waals surface area contributed by atoms with E-state index in [9.17, 15) is 0 Å². The lowest BCUT2D eigenvalue weighted by Gasteiger charge is -2.21. The maximum absolute atomic E-state index is 5.36. The van der Waals surface area contributed by atoms with Crippen molar-refractivity contribution in [3.8, 4) is 5.75 Å². The molecule has 0 heterocycles. The number of hydrogen-bond acceptors (Lipinski definition) is 2. The minimum atomic E-state index is 0.221. The molecule has 2 rings (SSSR count). The SMILES string of the molecule is CCNC(c1cc(C)cc(C)c1)c1ccc(OC)c(C)c1. The van der Waals surface area contributed by atoms with Crippen molar-refractivity contribution >= 4 is 0 Å². The molecule has 21 heavy (non-hydrogen) atoms. The van der Waals surface area contributed by atoms with Crippen molar-refractivity contribution in [2.45, 2.75) is 33.7 Å². The molecule has 2 nitrogen and oxygen atoms in total. The van der Waals surface area contributed by atoms with Gasteiger partial charge in [0.25, 0.3) is 0 Å². The van der Waals surface area contributed by atoms with Crippen LogP contribution < -0.4 is 10.1 Å². The Kier molecular flexibility index (Phi) is 5.03. The summed E-state index contributed by atoms with van der Waals surface area (Å²) in [5, 5.41) is 3.59. The molecule has 0 aliphatic heterocycles. The molecule has 2 heteroatoms. The maximum atomic E-state index is 5.36. The monoisotopic (exact) mass is 283 g/mol. The van der Waals surface area contributed by atoms with E-state index in [4.69, 9.17) is 4.74 Å². The smallest absolute Gasteiger partial charge is 0.121 e. The van der Waals surface area contributed by atoms with Crippen LogP contribution in [0.1, 0.15) is 40.8 Å². The van der Waals surface area contributed by atoms with Gasteiger partial charge in [-0.25, -0.2) is 0 Å². The minimum Gasteiger partial charge on any atom is -0.496 e. The molecule has 1 unspecified atom stereocenters. The number of hydrogen-bond donors (Lipinski definition) is 1. The van der Waals surface area contributed by atoms with Crippen molar-refractivity contribution in [3.05, 3.63) is 64.2 Å². The molecule has 0 aliphatic carbocycles. The fraction of sp³-hybridized carbons (Fsp3) is 0.368. The number of rotatable bonds is 5. The molecule has 2 aromatic carbocycles. The average Bonchev–Trinajstić information content (AvgIpc) is 2.43. The highest BCUT2D eigenvalue weighted by Crippen LogP contribution is 2.28. The normalized spacial score (nSPS) is 12.2. The molecule has 0 bridgehead atoms. The van der Waals surface area contributed by atoms with Crippen LogP contribution in [0.4, 0.5) is 0 Å². The topological polar surface area (TPSA) is 21.3 Å². The molecule has 0 aliphatic rings. The highest BCUT2D eigenvalue weighted by Gasteiger charge is 2.14. The number of ether oxygens (including phenoxy) is 1. The van der Waals surface area contributed by atoms with Gasteiger partial charge in [-0.05, 0) is 50.1 Å². The van der Waals surface area contributed by atoms with E-state index < -0.39 is 0 Å². The molecule has 0 amide bonds. The Balaban J connectivity index is 2.45. The Hall–Kier alpha value is -1.80. The Morgan fingerprint density at radius 1 is 0.952 bits per heavy atom. The lowest BCUT2D eigenvalue weighted by atomic mass is 9.94. The molecule has 0 saturated heterocycles. The van der Waals surface area contributed by atoms with Crippen molar-refractivity contribution in [1.29, 1.82) is 0 Å². The van der Waals surface area contributed by atoms with Crippen molar-refractivity contribution in [2.75, 3.05) is 13.7 Å². The molecule has 0 spiro atoms.